The second kappa shape index (κ2) is 7.19. The van der Waals surface area contributed by atoms with Crippen LogP contribution in [0.4, 0.5) is 0 Å². The fourth-order valence-corrected chi connectivity index (χ4v) is 2.74. The number of nitrogens with one attached hydrogen (secondary N) is 2. The smallest absolute Gasteiger partial charge is 0.271 e. The van der Waals surface area contributed by atoms with E-state index in [0.717, 1.165) is 16.5 Å². The number of para-hydroxylation sites is 1. The number of carbonyl (C=O) groups is 2. The SMILES string of the molecule is COCc1cccc(C(=O)NNC(=O)c2cn(C)c3ccccc23)c1. The lowest BCUT2D eigenvalue weighted by Crippen LogP contribution is -2.41. The van der Waals surface area contributed by atoms with Crippen LogP contribution in [0.3, 0.4) is 0 Å². The predicted octanol–water partition coefficient (Wildman–Crippen LogP) is 2.40. The zero-order valence-electron chi connectivity index (χ0n) is 14.1. The normalized spacial score (nSPS) is 10.6. The quantitative estimate of drug-likeness (QED) is 0.718. The number of hydrogen-bond donors (Lipinski definition) is 2. The van der Waals surface area contributed by atoms with Crippen molar-refractivity contribution in [1.29, 1.82) is 0 Å². The first kappa shape index (κ1) is 16.7. The van der Waals surface area contributed by atoms with Crippen molar-refractivity contribution in [2.45, 2.75) is 6.61 Å². The van der Waals surface area contributed by atoms with Gasteiger partial charge in [-0.25, -0.2) is 0 Å². The minimum Gasteiger partial charge on any atom is -0.380 e. The van der Waals surface area contributed by atoms with Crippen molar-refractivity contribution in [2.75, 3.05) is 7.11 Å². The number of fused-ring (bicyclic) bond motifs is 1. The Bertz CT molecular complexity index is 931. The van der Waals surface area contributed by atoms with E-state index in [9.17, 15) is 9.59 Å². The molecule has 6 heteroatoms. The fraction of sp³-hybridized carbons (Fsp3) is 0.158. The number of aromatic nitrogens is 1. The van der Waals surface area contributed by atoms with Crippen molar-refractivity contribution in [3.05, 3.63) is 71.4 Å². The molecule has 2 amide bonds. The molecule has 3 aromatic rings. The van der Waals surface area contributed by atoms with Gasteiger partial charge >= 0.3 is 0 Å². The van der Waals surface area contributed by atoms with Crippen LogP contribution in [-0.2, 0) is 18.4 Å². The molecule has 25 heavy (non-hydrogen) atoms. The first-order chi connectivity index (χ1) is 12.1. The van der Waals surface area contributed by atoms with E-state index >= 15 is 0 Å². The highest BCUT2D eigenvalue weighted by Gasteiger charge is 2.14. The van der Waals surface area contributed by atoms with E-state index < -0.39 is 0 Å². The number of carbonyl (C=O) groups excluding carboxylic acids is 2. The number of rotatable bonds is 4. The van der Waals surface area contributed by atoms with Gasteiger partial charge in [-0.1, -0.05) is 30.3 Å². The molecule has 0 aliphatic rings. The summed E-state index contributed by atoms with van der Waals surface area (Å²) >= 11 is 0. The summed E-state index contributed by atoms with van der Waals surface area (Å²) in [7, 11) is 3.47. The molecule has 0 radical (unpaired) electrons. The Labute approximate surface area is 145 Å². The maximum atomic E-state index is 12.4. The highest BCUT2D eigenvalue weighted by Crippen LogP contribution is 2.19. The van der Waals surface area contributed by atoms with Gasteiger partial charge in [-0.05, 0) is 23.8 Å². The van der Waals surface area contributed by atoms with Gasteiger partial charge in [0.1, 0.15) is 0 Å². The molecule has 2 aromatic carbocycles. The summed E-state index contributed by atoms with van der Waals surface area (Å²) in [6, 6.07) is 14.6. The minimum absolute atomic E-state index is 0.363. The summed E-state index contributed by atoms with van der Waals surface area (Å²) in [5, 5.41) is 0.832. The second-order valence-electron chi connectivity index (χ2n) is 5.71. The van der Waals surface area contributed by atoms with Gasteiger partial charge in [0, 0.05) is 36.8 Å². The number of hydrogen-bond acceptors (Lipinski definition) is 3. The monoisotopic (exact) mass is 337 g/mol. The van der Waals surface area contributed by atoms with Crippen molar-refractivity contribution in [1.82, 2.24) is 15.4 Å². The third-order valence-electron chi connectivity index (χ3n) is 3.93. The molecule has 0 saturated carbocycles. The van der Waals surface area contributed by atoms with E-state index in [1.807, 2.05) is 41.9 Å². The maximum absolute atomic E-state index is 12.4. The molecule has 0 bridgehead atoms. The van der Waals surface area contributed by atoms with Crippen molar-refractivity contribution in [3.63, 3.8) is 0 Å². The average molecular weight is 337 g/mol. The van der Waals surface area contributed by atoms with Gasteiger partial charge in [0.25, 0.3) is 11.8 Å². The van der Waals surface area contributed by atoms with E-state index in [1.54, 1.807) is 31.5 Å². The van der Waals surface area contributed by atoms with E-state index in [-0.39, 0.29) is 11.8 Å². The van der Waals surface area contributed by atoms with Gasteiger partial charge in [0.05, 0.1) is 12.2 Å². The van der Waals surface area contributed by atoms with Crippen molar-refractivity contribution in [3.8, 4) is 0 Å². The van der Waals surface area contributed by atoms with Crippen LogP contribution < -0.4 is 10.9 Å². The lowest BCUT2D eigenvalue weighted by Gasteiger charge is -2.08. The molecule has 0 unspecified atom stereocenters. The molecule has 0 atom stereocenters. The van der Waals surface area contributed by atoms with Crippen LogP contribution in [0, 0.1) is 0 Å². The number of methoxy groups -OCH3 is 1. The van der Waals surface area contributed by atoms with Crippen LogP contribution >= 0.6 is 0 Å². The topological polar surface area (TPSA) is 72.4 Å². The summed E-state index contributed by atoms with van der Waals surface area (Å²) in [5.41, 5.74) is 7.72. The predicted molar refractivity (Wildman–Crippen MR) is 95.0 cm³/mol. The molecule has 1 heterocycles. The highest BCUT2D eigenvalue weighted by atomic mass is 16.5. The largest absolute Gasteiger partial charge is 0.380 e. The van der Waals surface area contributed by atoms with Crippen LogP contribution in [-0.4, -0.2) is 23.5 Å². The first-order valence-corrected chi connectivity index (χ1v) is 7.83. The van der Waals surface area contributed by atoms with Crippen LogP contribution in [0.1, 0.15) is 26.3 Å². The summed E-state index contributed by atoms with van der Waals surface area (Å²) in [6.45, 7) is 0.420. The van der Waals surface area contributed by atoms with E-state index in [0.29, 0.717) is 17.7 Å². The number of amides is 2. The van der Waals surface area contributed by atoms with Gasteiger partial charge in [0.15, 0.2) is 0 Å². The summed E-state index contributed by atoms with van der Waals surface area (Å²) in [4.78, 5) is 24.7. The van der Waals surface area contributed by atoms with Crippen molar-refractivity contribution in [2.24, 2.45) is 7.05 Å². The van der Waals surface area contributed by atoms with E-state index in [4.69, 9.17) is 4.74 Å². The van der Waals surface area contributed by atoms with Crippen LogP contribution in [0.2, 0.25) is 0 Å². The molecule has 1 aromatic heterocycles. The lowest BCUT2D eigenvalue weighted by molar-refractivity contribution is 0.0847. The zero-order chi connectivity index (χ0) is 17.8. The number of hydrazine groups is 1. The third kappa shape index (κ3) is 3.54. The molecule has 0 aliphatic carbocycles. The van der Waals surface area contributed by atoms with E-state index in [1.165, 1.54) is 0 Å². The van der Waals surface area contributed by atoms with Crippen molar-refractivity contribution >= 4 is 22.7 Å². The standard InChI is InChI=1S/C19H19N3O3/c1-22-11-16(15-8-3-4-9-17(15)22)19(24)21-20-18(23)14-7-5-6-13(10-14)12-25-2/h3-11H,12H2,1-2H3,(H,20,23)(H,21,24). The van der Waals surface area contributed by atoms with Crippen LogP contribution in [0.5, 0.6) is 0 Å². The number of aryl methyl sites for hydroxylation is 1. The third-order valence-corrected chi connectivity index (χ3v) is 3.93. The Morgan fingerprint density at radius 3 is 2.60 bits per heavy atom. The molecule has 128 valence electrons. The number of ether oxygens (including phenoxy) is 1. The molecule has 2 N–H and O–H groups in total. The molecular formula is C19H19N3O3. The summed E-state index contributed by atoms with van der Waals surface area (Å²) in [5.74, 6) is -0.746. The molecule has 0 saturated heterocycles. The molecule has 0 spiro atoms. The fourth-order valence-electron chi connectivity index (χ4n) is 2.74. The Balaban J connectivity index is 1.71. The molecular weight excluding hydrogens is 318 g/mol. The Morgan fingerprint density at radius 1 is 1.04 bits per heavy atom. The lowest BCUT2D eigenvalue weighted by atomic mass is 10.1. The van der Waals surface area contributed by atoms with Gasteiger partial charge < -0.3 is 9.30 Å². The van der Waals surface area contributed by atoms with Crippen LogP contribution in [0.25, 0.3) is 10.9 Å². The molecule has 0 aliphatic heterocycles. The van der Waals surface area contributed by atoms with Gasteiger partial charge in [0.2, 0.25) is 0 Å². The van der Waals surface area contributed by atoms with Gasteiger partial charge in [-0.15, -0.1) is 0 Å². The molecule has 0 fully saturated rings. The first-order valence-electron chi connectivity index (χ1n) is 7.83. The second-order valence-corrected chi connectivity index (χ2v) is 5.71. The highest BCUT2D eigenvalue weighted by molar-refractivity contribution is 6.07. The average Bonchev–Trinajstić information content (AvgIpc) is 2.97. The Hall–Kier alpha value is -3.12. The molecule has 3 rings (SSSR count). The Morgan fingerprint density at radius 2 is 1.80 bits per heavy atom. The van der Waals surface area contributed by atoms with Crippen LogP contribution in [0.15, 0.2) is 54.7 Å². The minimum atomic E-state index is -0.383. The van der Waals surface area contributed by atoms with Gasteiger partial charge in [-0.3, -0.25) is 20.4 Å². The number of benzene rings is 2. The summed E-state index contributed by atoms with van der Waals surface area (Å²) in [6.07, 6.45) is 1.74. The van der Waals surface area contributed by atoms with E-state index in [2.05, 4.69) is 10.9 Å². The summed E-state index contributed by atoms with van der Waals surface area (Å²) < 4.78 is 6.93. The molecule has 6 nitrogen and oxygen atoms in total. The van der Waals surface area contributed by atoms with Gasteiger partial charge in [-0.2, -0.15) is 0 Å². The van der Waals surface area contributed by atoms with Crippen molar-refractivity contribution < 1.29 is 14.3 Å². The zero-order valence-corrected chi connectivity index (χ0v) is 14.1. The number of nitrogens with zero attached hydrogens (tertiary/aromatic N) is 1. The maximum Gasteiger partial charge on any atom is 0.271 e. The Kier molecular flexibility index (Phi) is 4.81.